The van der Waals surface area contributed by atoms with Crippen LogP contribution in [0.5, 0.6) is 11.5 Å². The van der Waals surface area contributed by atoms with E-state index in [0.29, 0.717) is 18.0 Å². The van der Waals surface area contributed by atoms with Crippen LogP contribution in [0.3, 0.4) is 0 Å². The first-order chi connectivity index (χ1) is 10.4. The molecule has 0 aliphatic rings. The summed E-state index contributed by atoms with van der Waals surface area (Å²) in [6.45, 7) is 2.55. The van der Waals surface area contributed by atoms with Crippen LogP contribution >= 0.6 is 12.4 Å². The lowest BCUT2D eigenvalue weighted by molar-refractivity contribution is -0.137. The molecule has 0 aliphatic heterocycles. The molecule has 2 aromatic carbocycles. The molecule has 0 aromatic heterocycles. The largest absolute Gasteiger partial charge is 0.457 e. The van der Waals surface area contributed by atoms with Crippen molar-refractivity contribution in [2.75, 3.05) is 6.54 Å². The van der Waals surface area contributed by atoms with E-state index in [2.05, 4.69) is 0 Å². The monoisotopic (exact) mass is 345 g/mol. The van der Waals surface area contributed by atoms with Gasteiger partial charge in [-0.3, -0.25) is 0 Å². The molecule has 0 heterocycles. The summed E-state index contributed by atoms with van der Waals surface area (Å²) in [7, 11) is 0. The predicted octanol–water partition coefficient (Wildman–Crippen LogP) is 5.12. The second-order valence-electron chi connectivity index (χ2n) is 5.06. The van der Waals surface area contributed by atoms with Crippen molar-refractivity contribution in [2.45, 2.75) is 25.9 Å². The molecular weight excluding hydrogens is 327 g/mol. The van der Waals surface area contributed by atoms with Gasteiger partial charge in [0.2, 0.25) is 0 Å². The quantitative estimate of drug-likeness (QED) is 0.816. The Balaban J connectivity index is 0.00000264. The van der Waals surface area contributed by atoms with E-state index in [0.717, 1.165) is 36.1 Å². The highest BCUT2D eigenvalue weighted by atomic mass is 35.5. The summed E-state index contributed by atoms with van der Waals surface area (Å²) in [4.78, 5) is 0. The molecule has 0 bridgehead atoms. The first-order valence-corrected chi connectivity index (χ1v) is 7.05. The number of halogens is 4. The first kappa shape index (κ1) is 19.3. The number of hydrogen-bond donors (Lipinski definition) is 1. The van der Waals surface area contributed by atoms with Crippen LogP contribution in [0.15, 0.2) is 42.5 Å². The lowest BCUT2D eigenvalue weighted by Gasteiger charge is -2.13. The molecule has 0 atom stereocenters. The maximum absolute atomic E-state index is 12.5. The fourth-order valence-corrected chi connectivity index (χ4v) is 2.17. The zero-order valence-electron chi connectivity index (χ0n) is 12.7. The number of ether oxygens (including phenoxy) is 1. The summed E-state index contributed by atoms with van der Waals surface area (Å²) in [6.07, 6.45) is -2.60. The van der Waals surface area contributed by atoms with Crippen LogP contribution in [0.2, 0.25) is 0 Å². The molecule has 2 aromatic rings. The Morgan fingerprint density at radius 3 is 2.26 bits per heavy atom. The second-order valence-corrected chi connectivity index (χ2v) is 5.06. The van der Waals surface area contributed by atoms with Gasteiger partial charge in [-0.15, -0.1) is 12.4 Å². The van der Waals surface area contributed by atoms with E-state index in [1.807, 2.05) is 19.1 Å². The van der Waals surface area contributed by atoms with Gasteiger partial charge in [0.15, 0.2) is 0 Å². The Bertz CT molecular complexity index is 627. The van der Waals surface area contributed by atoms with Crippen molar-refractivity contribution in [1.29, 1.82) is 0 Å². The van der Waals surface area contributed by atoms with Crippen molar-refractivity contribution in [1.82, 2.24) is 0 Å². The van der Waals surface area contributed by atoms with E-state index in [9.17, 15) is 13.2 Å². The summed E-state index contributed by atoms with van der Waals surface area (Å²) in [6, 6.07) is 10.4. The van der Waals surface area contributed by atoms with Gasteiger partial charge in [0.1, 0.15) is 11.5 Å². The van der Waals surface area contributed by atoms with E-state index in [4.69, 9.17) is 10.5 Å². The molecule has 0 aliphatic carbocycles. The van der Waals surface area contributed by atoms with Crippen molar-refractivity contribution >= 4 is 12.4 Å². The lowest BCUT2D eigenvalue weighted by Crippen LogP contribution is -2.04. The van der Waals surface area contributed by atoms with Crippen LogP contribution in [-0.4, -0.2) is 6.54 Å². The Morgan fingerprint density at radius 1 is 1.04 bits per heavy atom. The fourth-order valence-electron chi connectivity index (χ4n) is 2.17. The Kier molecular flexibility index (Phi) is 6.91. The minimum atomic E-state index is -4.34. The molecule has 0 amide bonds. The minimum Gasteiger partial charge on any atom is -0.457 e. The molecule has 0 radical (unpaired) electrons. The molecule has 6 heteroatoms. The van der Waals surface area contributed by atoms with Crippen molar-refractivity contribution < 1.29 is 17.9 Å². The normalized spacial score (nSPS) is 11.0. The van der Waals surface area contributed by atoms with Gasteiger partial charge in [-0.1, -0.05) is 12.1 Å². The zero-order chi connectivity index (χ0) is 16.2. The van der Waals surface area contributed by atoms with E-state index < -0.39 is 11.7 Å². The molecule has 0 saturated heterocycles. The highest BCUT2D eigenvalue weighted by Crippen LogP contribution is 2.32. The summed E-state index contributed by atoms with van der Waals surface area (Å²) in [5.41, 5.74) is 6.94. The molecule has 2 nitrogen and oxygen atoms in total. The van der Waals surface area contributed by atoms with Crippen molar-refractivity contribution in [3.63, 3.8) is 0 Å². The standard InChI is InChI=1S/C17H18F3NO.ClH/c1-12-13(5-3-11-21)4-2-6-16(12)22-15-9-7-14(8-10-15)17(18,19)20;/h2,4,6-10H,3,5,11,21H2,1H3;1H. The highest BCUT2D eigenvalue weighted by Gasteiger charge is 2.30. The van der Waals surface area contributed by atoms with Crippen LogP contribution in [0.25, 0.3) is 0 Å². The molecule has 0 spiro atoms. The van der Waals surface area contributed by atoms with Gasteiger partial charge in [0.05, 0.1) is 5.56 Å². The van der Waals surface area contributed by atoms with Crippen molar-refractivity contribution in [2.24, 2.45) is 5.73 Å². The van der Waals surface area contributed by atoms with Gasteiger partial charge >= 0.3 is 6.18 Å². The van der Waals surface area contributed by atoms with E-state index in [1.165, 1.54) is 12.1 Å². The Labute approximate surface area is 139 Å². The third kappa shape index (κ3) is 5.15. The average Bonchev–Trinajstić information content (AvgIpc) is 2.48. The predicted molar refractivity (Wildman–Crippen MR) is 87.3 cm³/mol. The molecule has 0 unspecified atom stereocenters. The van der Waals surface area contributed by atoms with Crippen LogP contribution in [-0.2, 0) is 12.6 Å². The molecule has 0 saturated carbocycles. The SMILES string of the molecule is Cc1c(CCCN)cccc1Oc1ccc(C(F)(F)F)cc1.Cl. The number of rotatable bonds is 5. The van der Waals surface area contributed by atoms with E-state index in [1.54, 1.807) is 6.07 Å². The molecule has 23 heavy (non-hydrogen) atoms. The third-order valence-corrected chi connectivity index (χ3v) is 3.46. The number of aryl methyl sites for hydroxylation is 1. The first-order valence-electron chi connectivity index (χ1n) is 7.05. The Hall–Kier alpha value is -1.72. The summed E-state index contributed by atoms with van der Waals surface area (Å²) < 4.78 is 43.3. The van der Waals surface area contributed by atoms with Gasteiger partial charge in [-0.25, -0.2) is 0 Å². The molecule has 2 N–H and O–H groups in total. The van der Waals surface area contributed by atoms with E-state index in [-0.39, 0.29) is 12.4 Å². The van der Waals surface area contributed by atoms with Crippen LogP contribution in [0, 0.1) is 6.92 Å². The topological polar surface area (TPSA) is 35.2 Å². The van der Waals surface area contributed by atoms with Gasteiger partial charge < -0.3 is 10.5 Å². The van der Waals surface area contributed by atoms with Gasteiger partial charge in [-0.2, -0.15) is 13.2 Å². The summed E-state index contributed by atoms with van der Waals surface area (Å²) >= 11 is 0. The molecule has 0 fully saturated rings. The summed E-state index contributed by atoms with van der Waals surface area (Å²) in [5, 5.41) is 0. The molecular formula is C17H19ClF3NO. The van der Waals surface area contributed by atoms with Gasteiger partial charge in [0, 0.05) is 0 Å². The third-order valence-electron chi connectivity index (χ3n) is 3.46. The molecule has 126 valence electrons. The Morgan fingerprint density at radius 2 is 1.70 bits per heavy atom. The number of hydrogen-bond acceptors (Lipinski definition) is 2. The fraction of sp³-hybridized carbons (Fsp3) is 0.294. The van der Waals surface area contributed by atoms with Crippen molar-refractivity contribution in [3.8, 4) is 11.5 Å². The zero-order valence-corrected chi connectivity index (χ0v) is 13.5. The van der Waals surface area contributed by atoms with Crippen LogP contribution in [0.1, 0.15) is 23.1 Å². The number of alkyl halides is 3. The highest BCUT2D eigenvalue weighted by molar-refractivity contribution is 5.85. The van der Waals surface area contributed by atoms with Crippen LogP contribution < -0.4 is 10.5 Å². The van der Waals surface area contributed by atoms with Gasteiger partial charge in [-0.05, 0) is 67.8 Å². The lowest BCUT2D eigenvalue weighted by atomic mass is 10.0. The van der Waals surface area contributed by atoms with Gasteiger partial charge in [0.25, 0.3) is 0 Å². The minimum absolute atomic E-state index is 0. The average molecular weight is 346 g/mol. The second kappa shape index (κ2) is 8.22. The number of nitrogens with two attached hydrogens (primary N) is 1. The summed E-state index contributed by atoms with van der Waals surface area (Å²) in [5.74, 6) is 1.03. The maximum Gasteiger partial charge on any atom is 0.416 e. The maximum atomic E-state index is 12.5. The van der Waals surface area contributed by atoms with Crippen LogP contribution in [0.4, 0.5) is 13.2 Å². The van der Waals surface area contributed by atoms with Crippen molar-refractivity contribution in [3.05, 3.63) is 59.2 Å². The molecule has 2 rings (SSSR count). The smallest absolute Gasteiger partial charge is 0.416 e. The van der Waals surface area contributed by atoms with E-state index >= 15 is 0 Å². The number of benzene rings is 2.